The van der Waals surface area contributed by atoms with E-state index in [1.165, 1.54) is 0 Å². The Labute approximate surface area is 139 Å². The smallest absolute Gasteiger partial charge is 0.254 e. The van der Waals surface area contributed by atoms with Crippen LogP contribution >= 0.6 is 0 Å². The first-order valence-corrected chi connectivity index (χ1v) is 7.16. The molecule has 134 valence electrons. The molecule has 2 aromatic heterocycles. The van der Waals surface area contributed by atoms with E-state index in [1.807, 2.05) is 0 Å². The van der Waals surface area contributed by atoms with E-state index in [9.17, 15) is 24.9 Å². The first-order chi connectivity index (χ1) is 11.8. The molecule has 12 heteroatoms. The zero-order valence-electron chi connectivity index (χ0n) is 12.7. The highest BCUT2D eigenvalue weighted by Gasteiger charge is 2.44. The molecule has 0 aliphatic carbocycles. The number of primary amides is 1. The molecule has 1 aliphatic rings. The largest absolute Gasteiger partial charge is 0.394 e. The predicted molar refractivity (Wildman–Crippen MR) is 84.2 cm³/mol. The first-order valence-electron chi connectivity index (χ1n) is 7.16. The van der Waals surface area contributed by atoms with E-state index in [4.69, 9.17) is 21.9 Å². The van der Waals surface area contributed by atoms with Crippen LogP contribution in [0.25, 0.3) is 11.0 Å². The zero-order valence-corrected chi connectivity index (χ0v) is 12.7. The Morgan fingerprint density at radius 1 is 1.28 bits per heavy atom. The summed E-state index contributed by atoms with van der Waals surface area (Å²) in [5.74, 6) is -1.57. The number of anilines is 2. The SMILES string of the molecule is NC(=O)c1cn([C@@H]2O[C@H](CO)[C@@H](O)[C@H]2O)c2nc(N)nc(N)c2c1=O. The summed E-state index contributed by atoms with van der Waals surface area (Å²) >= 11 is 0. The molecule has 9 N–H and O–H groups in total. The van der Waals surface area contributed by atoms with Crippen LogP contribution in [0.2, 0.25) is 0 Å². The number of hydrogen-bond acceptors (Lipinski definition) is 10. The van der Waals surface area contributed by atoms with E-state index in [1.54, 1.807) is 0 Å². The molecular weight excluding hydrogens is 336 g/mol. The molecule has 1 fully saturated rings. The standard InChI is InChI=1S/C13H16N6O6/c14-9-5-6(21)3(10(15)24)1-19(11(5)18-13(16)17-9)12-8(23)7(22)4(2-20)25-12/h1,4,7-8,12,20,22-23H,2H2,(H2,15,24)(H4,14,16,17,18)/t4-,7-,8-,12-/m1/s1. The number of pyridine rings is 1. The number of carbonyl (C=O) groups is 1. The molecule has 0 spiro atoms. The lowest BCUT2D eigenvalue weighted by molar-refractivity contribution is -0.0511. The van der Waals surface area contributed by atoms with Gasteiger partial charge in [0, 0.05) is 6.20 Å². The van der Waals surface area contributed by atoms with Gasteiger partial charge in [-0.15, -0.1) is 0 Å². The van der Waals surface area contributed by atoms with Gasteiger partial charge in [0.15, 0.2) is 11.9 Å². The van der Waals surface area contributed by atoms with Crippen LogP contribution in [-0.2, 0) is 4.74 Å². The Balaban J connectivity index is 2.33. The van der Waals surface area contributed by atoms with Crippen molar-refractivity contribution in [2.24, 2.45) is 5.73 Å². The number of nitrogen functional groups attached to an aromatic ring is 2. The summed E-state index contributed by atoms with van der Waals surface area (Å²) in [5, 5.41) is 29.1. The van der Waals surface area contributed by atoms with Crippen LogP contribution in [0.15, 0.2) is 11.0 Å². The van der Waals surface area contributed by atoms with Crippen molar-refractivity contribution < 1.29 is 24.9 Å². The summed E-state index contributed by atoms with van der Waals surface area (Å²) in [6.45, 7) is -0.561. The number of nitrogens with two attached hydrogens (primary N) is 3. The molecule has 0 radical (unpaired) electrons. The van der Waals surface area contributed by atoms with Gasteiger partial charge in [0.25, 0.3) is 5.91 Å². The quantitative estimate of drug-likeness (QED) is 0.323. The lowest BCUT2D eigenvalue weighted by atomic mass is 10.1. The predicted octanol–water partition coefficient (Wildman–Crippen LogP) is -3.33. The van der Waals surface area contributed by atoms with Crippen LogP contribution in [0.3, 0.4) is 0 Å². The maximum Gasteiger partial charge on any atom is 0.254 e. The minimum absolute atomic E-state index is 0.116. The normalized spacial score (nSPS) is 26.2. The number of carbonyl (C=O) groups excluding carboxylic acids is 1. The van der Waals surface area contributed by atoms with Crippen LogP contribution in [-0.4, -0.2) is 60.7 Å². The third-order valence-electron chi connectivity index (χ3n) is 3.98. The molecule has 3 heterocycles. The van der Waals surface area contributed by atoms with Crippen molar-refractivity contribution in [3.63, 3.8) is 0 Å². The van der Waals surface area contributed by atoms with Gasteiger partial charge >= 0.3 is 0 Å². The number of aliphatic hydroxyl groups is 3. The Kier molecular flexibility index (Phi) is 4.04. The number of hydrogen-bond donors (Lipinski definition) is 6. The second-order valence-corrected chi connectivity index (χ2v) is 5.54. The highest BCUT2D eigenvalue weighted by molar-refractivity contribution is 5.98. The van der Waals surface area contributed by atoms with Crippen molar-refractivity contribution in [3.05, 3.63) is 22.0 Å². The third kappa shape index (κ3) is 2.56. The number of ether oxygens (including phenoxy) is 1. The number of aromatic nitrogens is 3. The second kappa shape index (κ2) is 5.93. The van der Waals surface area contributed by atoms with E-state index < -0.39 is 48.0 Å². The number of amides is 1. The Bertz CT molecular complexity index is 914. The summed E-state index contributed by atoms with van der Waals surface area (Å²) in [4.78, 5) is 31.6. The van der Waals surface area contributed by atoms with Gasteiger partial charge in [0.2, 0.25) is 11.4 Å². The summed E-state index contributed by atoms with van der Waals surface area (Å²) in [5.41, 5.74) is 15.1. The molecule has 12 nitrogen and oxygen atoms in total. The summed E-state index contributed by atoms with van der Waals surface area (Å²) in [7, 11) is 0. The van der Waals surface area contributed by atoms with E-state index in [-0.39, 0.29) is 22.8 Å². The molecule has 0 aromatic carbocycles. The molecule has 4 atom stereocenters. The molecule has 3 rings (SSSR count). The zero-order chi connectivity index (χ0) is 18.5. The van der Waals surface area contributed by atoms with Crippen LogP contribution in [0.4, 0.5) is 11.8 Å². The van der Waals surface area contributed by atoms with E-state index in [2.05, 4.69) is 9.97 Å². The number of nitrogens with zero attached hydrogens (tertiary/aromatic N) is 3. The topological polar surface area (TPSA) is 213 Å². The highest BCUT2D eigenvalue weighted by atomic mass is 16.6. The average Bonchev–Trinajstić information content (AvgIpc) is 2.82. The van der Waals surface area contributed by atoms with Crippen LogP contribution in [0.1, 0.15) is 16.6 Å². The van der Waals surface area contributed by atoms with Gasteiger partial charge in [-0.3, -0.25) is 9.59 Å². The monoisotopic (exact) mass is 352 g/mol. The van der Waals surface area contributed by atoms with Crippen molar-refractivity contribution >= 4 is 28.7 Å². The van der Waals surface area contributed by atoms with Gasteiger partial charge in [-0.25, -0.2) is 0 Å². The number of rotatable bonds is 3. The Hall–Kier alpha value is -2.80. The molecule has 0 bridgehead atoms. The van der Waals surface area contributed by atoms with Gasteiger partial charge in [0.1, 0.15) is 35.1 Å². The van der Waals surface area contributed by atoms with Crippen molar-refractivity contribution in [1.29, 1.82) is 0 Å². The minimum Gasteiger partial charge on any atom is -0.394 e. The first kappa shape index (κ1) is 17.0. The summed E-state index contributed by atoms with van der Waals surface area (Å²) in [6, 6.07) is 0. The average molecular weight is 352 g/mol. The van der Waals surface area contributed by atoms with Gasteiger partial charge in [-0.2, -0.15) is 9.97 Å². The molecule has 0 saturated carbocycles. The lowest BCUT2D eigenvalue weighted by Crippen LogP contribution is -2.34. The molecule has 1 amide bonds. The van der Waals surface area contributed by atoms with Crippen molar-refractivity contribution in [2.75, 3.05) is 18.1 Å². The second-order valence-electron chi connectivity index (χ2n) is 5.54. The summed E-state index contributed by atoms with van der Waals surface area (Å²) < 4.78 is 6.51. The Morgan fingerprint density at radius 3 is 2.52 bits per heavy atom. The number of fused-ring (bicyclic) bond motifs is 1. The fourth-order valence-corrected chi connectivity index (χ4v) is 2.76. The fourth-order valence-electron chi connectivity index (χ4n) is 2.76. The fraction of sp³-hybridized carbons (Fsp3) is 0.385. The molecule has 0 unspecified atom stereocenters. The van der Waals surface area contributed by atoms with Crippen LogP contribution in [0.5, 0.6) is 0 Å². The van der Waals surface area contributed by atoms with E-state index >= 15 is 0 Å². The molecule has 25 heavy (non-hydrogen) atoms. The van der Waals surface area contributed by atoms with E-state index in [0.717, 1.165) is 10.8 Å². The molecular formula is C13H16N6O6. The van der Waals surface area contributed by atoms with Gasteiger partial charge in [0.05, 0.1) is 6.61 Å². The van der Waals surface area contributed by atoms with Crippen molar-refractivity contribution in [3.8, 4) is 0 Å². The summed E-state index contributed by atoms with van der Waals surface area (Å²) in [6.07, 6.45) is -4.22. The molecule has 1 aliphatic heterocycles. The van der Waals surface area contributed by atoms with Gasteiger partial charge in [-0.05, 0) is 0 Å². The van der Waals surface area contributed by atoms with Gasteiger partial charge in [-0.1, -0.05) is 0 Å². The Morgan fingerprint density at radius 2 is 1.96 bits per heavy atom. The number of aliphatic hydroxyl groups excluding tert-OH is 3. The van der Waals surface area contributed by atoms with Crippen LogP contribution in [0, 0.1) is 0 Å². The highest BCUT2D eigenvalue weighted by Crippen LogP contribution is 2.31. The van der Waals surface area contributed by atoms with E-state index in [0.29, 0.717) is 0 Å². The third-order valence-corrected chi connectivity index (χ3v) is 3.98. The molecule has 1 saturated heterocycles. The van der Waals surface area contributed by atoms with Crippen LogP contribution < -0.4 is 22.6 Å². The lowest BCUT2D eigenvalue weighted by Gasteiger charge is -2.21. The van der Waals surface area contributed by atoms with Crippen molar-refractivity contribution in [2.45, 2.75) is 24.5 Å². The molecule has 2 aromatic rings. The maximum atomic E-state index is 12.4. The van der Waals surface area contributed by atoms with Gasteiger partial charge < -0.3 is 41.8 Å². The maximum absolute atomic E-state index is 12.4. The minimum atomic E-state index is -1.49. The van der Waals surface area contributed by atoms with Crippen molar-refractivity contribution in [1.82, 2.24) is 14.5 Å².